The lowest BCUT2D eigenvalue weighted by atomic mass is 10.2. The number of aromatic hydroxyl groups is 1. The van der Waals surface area contributed by atoms with E-state index in [0.717, 1.165) is 16.0 Å². The number of rotatable bonds is 2. The summed E-state index contributed by atoms with van der Waals surface area (Å²) < 4.78 is 0.820. The SMILES string of the molecule is Nc1nc2c(O)cc(C#CCNc3ccccc3Cl)cc2s1. The van der Waals surface area contributed by atoms with Crippen molar-refractivity contribution in [2.75, 3.05) is 17.6 Å². The Bertz CT molecular complexity index is 895. The fraction of sp³-hybridized carbons (Fsp3) is 0.0625. The van der Waals surface area contributed by atoms with E-state index in [0.29, 0.717) is 22.2 Å². The van der Waals surface area contributed by atoms with Crippen LogP contribution < -0.4 is 11.1 Å². The maximum absolute atomic E-state index is 9.92. The Morgan fingerprint density at radius 2 is 2.14 bits per heavy atom. The summed E-state index contributed by atoms with van der Waals surface area (Å²) >= 11 is 7.37. The van der Waals surface area contributed by atoms with Gasteiger partial charge in [0.15, 0.2) is 5.13 Å². The average Bonchev–Trinajstić information content (AvgIpc) is 2.86. The fourth-order valence-corrected chi connectivity index (χ4v) is 2.99. The molecule has 1 aromatic heterocycles. The fourth-order valence-electron chi connectivity index (χ4n) is 1.99. The molecule has 2 aromatic carbocycles. The van der Waals surface area contributed by atoms with Crippen molar-refractivity contribution in [1.29, 1.82) is 0 Å². The number of halogens is 1. The van der Waals surface area contributed by atoms with Gasteiger partial charge in [-0.2, -0.15) is 0 Å². The molecule has 0 unspecified atom stereocenters. The first kappa shape index (κ1) is 14.5. The number of anilines is 2. The Hall–Kier alpha value is -2.42. The zero-order valence-corrected chi connectivity index (χ0v) is 13.0. The van der Waals surface area contributed by atoms with Gasteiger partial charge in [-0.15, -0.1) is 0 Å². The number of phenols is 1. The van der Waals surface area contributed by atoms with Gasteiger partial charge in [0.2, 0.25) is 0 Å². The molecule has 0 aliphatic rings. The van der Waals surface area contributed by atoms with Gasteiger partial charge in [-0.1, -0.05) is 46.9 Å². The third kappa shape index (κ3) is 3.08. The van der Waals surface area contributed by atoms with Crippen molar-refractivity contribution >= 4 is 44.0 Å². The van der Waals surface area contributed by atoms with Gasteiger partial charge in [-0.25, -0.2) is 4.98 Å². The van der Waals surface area contributed by atoms with Gasteiger partial charge in [0.05, 0.1) is 22.0 Å². The van der Waals surface area contributed by atoms with Crippen LogP contribution in [-0.4, -0.2) is 16.6 Å². The van der Waals surface area contributed by atoms with Gasteiger partial charge in [0.1, 0.15) is 11.3 Å². The van der Waals surface area contributed by atoms with Crippen LogP contribution >= 0.6 is 22.9 Å². The number of nitrogens with one attached hydrogen (secondary N) is 1. The average molecular weight is 330 g/mol. The first-order chi connectivity index (χ1) is 10.6. The topological polar surface area (TPSA) is 71.2 Å². The summed E-state index contributed by atoms with van der Waals surface area (Å²) in [5.41, 5.74) is 7.72. The molecule has 0 aliphatic carbocycles. The largest absolute Gasteiger partial charge is 0.506 e. The summed E-state index contributed by atoms with van der Waals surface area (Å²) in [6.45, 7) is 0.452. The molecule has 0 bridgehead atoms. The van der Waals surface area contributed by atoms with E-state index in [1.807, 2.05) is 30.3 Å². The zero-order chi connectivity index (χ0) is 15.5. The summed E-state index contributed by atoms with van der Waals surface area (Å²) in [6, 6.07) is 10.9. The molecule has 0 amide bonds. The number of hydrogen-bond donors (Lipinski definition) is 3. The van der Waals surface area contributed by atoms with Crippen molar-refractivity contribution in [3.63, 3.8) is 0 Å². The number of aromatic nitrogens is 1. The smallest absolute Gasteiger partial charge is 0.181 e. The minimum Gasteiger partial charge on any atom is -0.506 e. The van der Waals surface area contributed by atoms with Crippen molar-refractivity contribution < 1.29 is 5.11 Å². The van der Waals surface area contributed by atoms with Gasteiger partial charge in [0.25, 0.3) is 0 Å². The van der Waals surface area contributed by atoms with Crippen LogP contribution in [0.2, 0.25) is 5.02 Å². The van der Waals surface area contributed by atoms with Crippen molar-refractivity contribution in [2.45, 2.75) is 0 Å². The molecule has 0 saturated heterocycles. The van der Waals surface area contributed by atoms with Crippen LogP contribution in [0.15, 0.2) is 36.4 Å². The number of hydrogen-bond acceptors (Lipinski definition) is 5. The van der Waals surface area contributed by atoms with E-state index in [1.54, 1.807) is 6.07 Å². The number of para-hydroxylation sites is 1. The van der Waals surface area contributed by atoms with E-state index < -0.39 is 0 Å². The standard InChI is InChI=1S/C16H12ClN3OS/c17-11-5-1-2-6-12(11)19-7-3-4-10-8-13(21)15-14(9-10)22-16(18)20-15/h1-2,5-6,8-9,19,21H,7H2,(H2,18,20). The maximum Gasteiger partial charge on any atom is 0.181 e. The third-order valence-corrected chi connectivity index (χ3v) is 4.13. The molecule has 110 valence electrons. The number of nitrogen functional groups attached to an aromatic ring is 1. The normalized spacial score (nSPS) is 10.2. The molecule has 22 heavy (non-hydrogen) atoms. The van der Waals surface area contributed by atoms with Gasteiger partial charge in [-0.3, -0.25) is 0 Å². The summed E-state index contributed by atoms with van der Waals surface area (Å²) in [4.78, 5) is 4.07. The second-order valence-corrected chi connectivity index (χ2v) is 6.00. The molecule has 0 saturated carbocycles. The molecule has 3 aromatic rings. The van der Waals surface area contributed by atoms with Crippen molar-refractivity contribution in [3.8, 4) is 17.6 Å². The summed E-state index contributed by atoms with van der Waals surface area (Å²) in [7, 11) is 0. The number of nitrogens with zero attached hydrogens (tertiary/aromatic N) is 1. The lowest BCUT2D eigenvalue weighted by Gasteiger charge is -2.03. The molecule has 0 aliphatic heterocycles. The van der Waals surface area contributed by atoms with E-state index in [1.165, 1.54) is 11.3 Å². The molecule has 1 heterocycles. The van der Waals surface area contributed by atoms with E-state index in [4.69, 9.17) is 17.3 Å². The van der Waals surface area contributed by atoms with Gasteiger partial charge < -0.3 is 16.2 Å². The number of fused-ring (bicyclic) bond motifs is 1. The van der Waals surface area contributed by atoms with E-state index in [-0.39, 0.29) is 5.75 Å². The maximum atomic E-state index is 9.92. The highest BCUT2D eigenvalue weighted by Crippen LogP contribution is 2.31. The molecule has 0 fully saturated rings. The number of nitrogens with two attached hydrogens (primary N) is 1. The number of thiazole rings is 1. The van der Waals surface area contributed by atoms with Crippen LogP contribution in [0.3, 0.4) is 0 Å². The molecular formula is C16H12ClN3OS. The second kappa shape index (κ2) is 6.14. The molecule has 0 spiro atoms. The predicted molar refractivity (Wildman–Crippen MR) is 92.5 cm³/mol. The van der Waals surface area contributed by atoms with Crippen LogP contribution in [0.4, 0.5) is 10.8 Å². The predicted octanol–water partition coefficient (Wildman–Crippen LogP) is 3.70. The Morgan fingerprint density at radius 3 is 2.95 bits per heavy atom. The van der Waals surface area contributed by atoms with Crippen molar-refractivity contribution in [3.05, 3.63) is 47.0 Å². The molecule has 4 nitrogen and oxygen atoms in total. The van der Waals surface area contributed by atoms with Crippen LogP contribution in [0.25, 0.3) is 10.2 Å². The van der Waals surface area contributed by atoms with Gasteiger partial charge in [-0.05, 0) is 24.3 Å². The summed E-state index contributed by atoms with van der Waals surface area (Å²) in [5.74, 6) is 6.09. The Kier molecular flexibility index (Phi) is 4.05. The Labute approximate surface area is 136 Å². The third-order valence-electron chi connectivity index (χ3n) is 2.97. The lowest BCUT2D eigenvalue weighted by molar-refractivity contribution is 0.480. The van der Waals surface area contributed by atoms with Gasteiger partial charge in [0, 0.05) is 5.56 Å². The molecular weight excluding hydrogens is 318 g/mol. The highest BCUT2D eigenvalue weighted by atomic mass is 35.5. The van der Waals surface area contributed by atoms with Crippen molar-refractivity contribution in [2.24, 2.45) is 0 Å². The number of benzene rings is 2. The lowest BCUT2D eigenvalue weighted by Crippen LogP contribution is -1.98. The van der Waals surface area contributed by atoms with E-state index in [9.17, 15) is 5.11 Å². The Balaban J connectivity index is 1.75. The van der Waals surface area contributed by atoms with E-state index in [2.05, 4.69) is 22.1 Å². The molecule has 0 atom stereocenters. The molecule has 6 heteroatoms. The first-order valence-corrected chi connectivity index (χ1v) is 7.69. The molecule has 3 rings (SSSR count). The van der Waals surface area contributed by atoms with Crippen LogP contribution in [0.5, 0.6) is 5.75 Å². The summed E-state index contributed by atoms with van der Waals surface area (Å²) in [5, 5.41) is 14.1. The highest BCUT2D eigenvalue weighted by Gasteiger charge is 2.07. The first-order valence-electron chi connectivity index (χ1n) is 6.50. The van der Waals surface area contributed by atoms with E-state index >= 15 is 0 Å². The minimum atomic E-state index is 0.0915. The van der Waals surface area contributed by atoms with Crippen LogP contribution in [0, 0.1) is 11.8 Å². The Morgan fingerprint density at radius 1 is 1.32 bits per heavy atom. The number of phenolic OH excluding ortho intramolecular Hbond substituents is 1. The highest BCUT2D eigenvalue weighted by molar-refractivity contribution is 7.22. The monoisotopic (exact) mass is 329 g/mol. The quantitative estimate of drug-likeness (QED) is 0.627. The van der Waals surface area contributed by atoms with Crippen molar-refractivity contribution in [1.82, 2.24) is 4.98 Å². The van der Waals surface area contributed by atoms with Crippen LogP contribution in [0.1, 0.15) is 5.56 Å². The second-order valence-electron chi connectivity index (χ2n) is 4.53. The molecule has 0 radical (unpaired) electrons. The zero-order valence-electron chi connectivity index (χ0n) is 11.4. The van der Waals surface area contributed by atoms with Gasteiger partial charge >= 0.3 is 0 Å². The minimum absolute atomic E-state index is 0.0915. The molecule has 4 N–H and O–H groups in total. The summed E-state index contributed by atoms with van der Waals surface area (Å²) in [6.07, 6.45) is 0. The van der Waals surface area contributed by atoms with Crippen LogP contribution in [-0.2, 0) is 0 Å².